The van der Waals surface area contributed by atoms with E-state index < -0.39 is 0 Å². The van der Waals surface area contributed by atoms with Gasteiger partial charge in [0.15, 0.2) is 6.54 Å². The normalized spacial score (nSPS) is 13.6. The number of likely N-dealkylation sites (N-methyl/N-ethyl adjacent to an activating group) is 2. The molecule has 6 heteroatoms. The first kappa shape index (κ1) is 20.4. The largest absolute Gasteiger partial charge is 0.383 e. The third-order valence-corrected chi connectivity index (χ3v) is 4.33. The minimum absolute atomic E-state index is 0.0126. The number of Topliss-reactive ketones (excluding diaryl/α,β-unsaturated/α-hetero) is 1. The van der Waals surface area contributed by atoms with Crippen molar-refractivity contribution >= 4 is 11.7 Å². The number of ether oxygens (including phenoxy) is 1. The first-order chi connectivity index (χ1) is 11.3. The average molecular weight is 338 g/mol. The lowest BCUT2D eigenvalue weighted by Crippen LogP contribution is -3.13. The molecule has 136 valence electrons. The van der Waals surface area contributed by atoms with Gasteiger partial charge in [-0.05, 0) is 40.7 Å². The van der Waals surface area contributed by atoms with Crippen molar-refractivity contribution in [3.8, 4) is 0 Å². The van der Waals surface area contributed by atoms with Crippen molar-refractivity contribution in [3.05, 3.63) is 23.0 Å². The number of hydrogen-bond acceptors (Lipinski definition) is 3. The van der Waals surface area contributed by atoms with Crippen LogP contribution in [0.15, 0.2) is 6.07 Å². The highest BCUT2D eigenvalue weighted by Gasteiger charge is 2.23. The van der Waals surface area contributed by atoms with Crippen LogP contribution in [0.2, 0.25) is 0 Å². The number of carbonyl (C=O) groups is 2. The van der Waals surface area contributed by atoms with Gasteiger partial charge in [-0.15, -0.1) is 0 Å². The van der Waals surface area contributed by atoms with Crippen molar-refractivity contribution in [2.75, 3.05) is 39.9 Å². The Kier molecular flexibility index (Phi) is 8.15. The molecule has 0 saturated heterocycles. The molecule has 1 heterocycles. The van der Waals surface area contributed by atoms with Gasteiger partial charge >= 0.3 is 0 Å². The fourth-order valence-electron chi connectivity index (χ4n) is 3.17. The van der Waals surface area contributed by atoms with Crippen molar-refractivity contribution in [1.82, 2.24) is 9.88 Å². The standard InChI is InChI=1S/C18H31N3O3/c1-7-19-18(23)11-20(8-2)10-17(22)16-9-13(3)21(15(16)5)14(4)12-24-6/h9,14H,7-8,10-12H2,1-6H3,(H,19,23)/p+1/t14-/m1/s1. The second kappa shape index (κ2) is 9.59. The lowest BCUT2D eigenvalue weighted by Gasteiger charge is -2.18. The predicted octanol–water partition coefficient (Wildman–Crippen LogP) is 0.536. The summed E-state index contributed by atoms with van der Waals surface area (Å²) in [7, 11) is 1.68. The molecule has 1 aromatic rings. The molecule has 0 aromatic carbocycles. The molecule has 0 radical (unpaired) electrons. The zero-order valence-electron chi connectivity index (χ0n) is 15.9. The number of aromatic nitrogens is 1. The molecular formula is C18H32N3O3+. The van der Waals surface area contributed by atoms with E-state index >= 15 is 0 Å². The number of quaternary nitrogens is 1. The second-order valence-electron chi connectivity index (χ2n) is 6.29. The number of carbonyl (C=O) groups excluding carboxylic acids is 2. The highest BCUT2D eigenvalue weighted by molar-refractivity contribution is 5.98. The summed E-state index contributed by atoms with van der Waals surface area (Å²) in [5.74, 6) is 0.0708. The van der Waals surface area contributed by atoms with Crippen LogP contribution in [0.3, 0.4) is 0 Å². The molecule has 0 aliphatic rings. The van der Waals surface area contributed by atoms with Crippen LogP contribution in [0.5, 0.6) is 0 Å². The lowest BCUT2D eigenvalue weighted by atomic mass is 10.1. The molecule has 6 nitrogen and oxygen atoms in total. The Labute approximate surface area is 145 Å². The molecule has 1 amide bonds. The Bertz CT molecular complexity index is 566. The van der Waals surface area contributed by atoms with Gasteiger partial charge in [0.25, 0.3) is 5.91 Å². The fraction of sp³-hybridized carbons (Fsp3) is 0.667. The highest BCUT2D eigenvalue weighted by atomic mass is 16.5. The van der Waals surface area contributed by atoms with Gasteiger partial charge < -0.3 is 19.5 Å². The monoisotopic (exact) mass is 338 g/mol. The maximum Gasteiger partial charge on any atom is 0.275 e. The van der Waals surface area contributed by atoms with Gasteiger partial charge in [-0.25, -0.2) is 0 Å². The topological polar surface area (TPSA) is 64.8 Å². The van der Waals surface area contributed by atoms with Crippen LogP contribution in [-0.4, -0.2) is 56.2 Å². The summed E-state index contributed by atoms with van der Waals surface area (Å²) in [5.41, 5.74) is 2.77. The number of amides is 1. The van der Waals surface area contributed by atoms with E-state index in [0.29, 0.717) is 26.2 Å². The average Bonchev–Trinajstić information content (AvgIpc) is 2.81. The summed E-state index contributed by atoms with van der Waals surface area (Å²) >= 11 is 0. The fourth-order valence-corrected chi connectivity index (χ4v) is 3.17. The molecular weight excluding hydrogens is 306 g/mol. The quantitative estimate of drug-likeness (QED) is 0.612. The summed E-state index contributed by atoms with van der Waals surface area (Å²) in [6.45, 7) is 12.6. The van der Waals surface area contributed by atoms with E-state index in [1.165, 1.54) is 0 Å². The molecule has 0 saturated carbocycles. The maximum atomic E-state index is 12.7. The number of aryl methyl sites for hydroxylation is 1. The SMILES string of the molecule is CCNC(=O)C[NH+](CC)CC(=O)c1cc(C)n([C@H](C)COC)c1C. The summed E-state index contributed by atoms with van der Waals surface area (Å²) in [4.78, 5) is 25.5. The Hall–Kier alpha value is -1.66. The van der Waals surface area contributed by atoms with E-state index in [-0.39, 0.29) is 17.7 Å². The number of methoxy groups -OCH3 is 1. The Balaban J connectivity index is 2.87. The molecule has 1 aromatic heterocycles. The lowest BCUT2D eigenvalue weighted by molar-refractivity contribution is -0.881. The summed E-state index contributed by atoms with van der Waals surface area (Å²) < 4.78 is 7.38. The number of nitrogens with zero attached hydrogens (tertiary/aromatic N) is 1. The van der Waals surface area contributed by atoms with Crippen molar-refractivity contribution in [2.45, 2.75) is 40.7 Å². The molecule has 1 rings (SSSR count). The van der Waals surface area contributed by atoms with Crippen LogP contribution in [0.25, 0.3) is 0 Å². The van der Waals surface area contributed by atoms with Gasteiger partial charge in [-0.3, -0.25) is 9.59 Å². The highest BCUT2D eigenvalue weighted by Crippen LogP contribution is 2.20. The van der Waals surface area contributed by atoms with Crippen molar-refractivity contribution in [2.24, 2.45) is 0 Å². The molecule has 0 fully saturated rings. The third kappa shape index (κ3) is 5.18. The van der Waals surface area contributed by atoms with Crippen LogP contribution in [-0.2, 0) is 9.53 Å². The Morgan fingerprint density at radius 1 is 1.29 bits per heavy atom. The van der Waals surface area contributed by atoms with E-state index in [4.69, 9.17) is 4.74 Å². The van der Waals surface area contributed by atoms with E-state index in [1.807, 2.05) is 33.8 Å². The Morgan fingerprint density at radius 3 is 2.50 bits per heavy atom. The summed E-state index contributed by atoms with van der Waals surface area (Å²) in [5, 5.41) is 2.79. The van der Waals surface area contributed by atoms with Gasteiger partial charge in [0, 0.05) is 30.6 Å². The van der Waals surface area contributed by atoms with Crippen LogP contribution in [0.4, 0.5) is 0 Å². The van der Waals surface area contributed by atoms with Gasteiger partial charge in [0.2, 0.25) is 5.78 Å². The molecule has 0 aliphatic carbocycles. The first-order valence-electron chi connectivity index (χ1n) is 8.66. The van der Waals surface area contributed by atoms with Crippen LogP contribution >= 0.6 is 0 Å². The zero-order valence-corrected chi connectivity index (χ0v) is 15.9. The second-order valence-corrected chi connectivity index (χ2v) is 6.29. The minimum atomic E-state index is -0.0126. The number of ketones is 1. The van der Waals surface area contributed by atoms with Crippen LogP contribution in [0.1, 0.15) is 48.6 Å². The molecule has 2 N–H and O–H groups in total. The van der Waals surface area contributed by atoms with Gasteiger partial charge in [0.1, 0.15) is 6.54 Å². The number of nitrogens with one attached hydrogen (secondary N) is 2. The molecule has 0 bridgehead atoms. The molecule has 2 atom stereocenters. The first-order valence-corrected chi connectivity index (χ1v) is 8.66. The predicted molar refractivity (Wildman–Crippen MR) is 94.7 cm³/mol. The van der Waals surface area contributed by atoms with Crippen LogP contribution in [0, 0.1) is 13.8 Å². The molecule has 0 spiro atoms. The van der Waals surface area contributed by atoms with Gasteiger partial charge in [-0.1, -0.05) is 0 Å². The Morgan fingerprint density at radius 2 is 1.96 bits per heavy atom. The minimum Gasteiger partial charge on any atom is -0.383 e. The van der Waals surface area contributed by atoms with Crippen LogP contribution < -0.4 is 10.2 Å². The summed E-state index contributed by atoms with van der Waals surface area (Å²) in [6, 6.07) is 2.13. The van der Waals surface area contributed by atoms with E-state index in [9.17, 15) is 9.59 Å². The summed E-state index contributed by atoms with van der Waals surface area (Å²) in [6.07, 6.45) is 0. The van der Waals surface area contributed by atoms with Crippen molar-refractivity contribution < 1.29 is 19.2 Å². The van der Waals surface area contributed by atoms with Gasteiger partial charge in [-0.2, -0.15) is 0 Å². The third-order valence-electron chi connectivity index (χ3n) is 4.33. The zero-order chi connectivity index (χ0) is 18.3. The molecule has 0 aliphatic heterocycles. The number of hydrogen-bond donors (Lipinski definition) is 2. The van der Waals surface area contributed by atoms with E-state index in [0.717, 1.165) is 28.4 Å². The molecule has 24 heavy (non-hydrogen) atoms. The van der Waals surface area contributed by atoms with E-state index in [2.05, 4.69) is 16.8 Å². The molecule has 1 unspecified atom stereocenters. The van der Waals surface area contributed by atoms with Gasteiger partial charge in [0.05, 0.1) is 19.2 Å². The maximum absolute atomic E-state index is 12.7. The van der Waals surface area contributed by atoms with Crippen molar-refractivity contribution in [1.29, 1.82) is 0 Å². The smallest absolute Gasteiger partial charge is 0.275 e. The van der Waals surface area contributed by atoms with E-state index in [1.54, 1.807) is 7.11 Å². The van der Waals surface area contributed by atoms with Crippen molar-refractivity contribution in [3.63, 3.8) is 0 Å². The number of rotatable bonds is 10.